The fourth-order valence-electron chi connectivity index (χ4n) is 6.53. The molecule has 0 amide bonds. The molecule has 0 atom stereocenters. The van der Waals surface area contributed by atoms with Gasteiger partial charge in [0.15, 0.2) is 0 Å². The highest BCUT2D eigenvalue weighted by Crippen LogP contribution is 2.25. The summed E-state index contributed by atoms with van der Waals surface area (Å²) < 4.78 is 36.3. The van der Waals surface area contributed by atoms with Crippen LogP contribution in [-0.4, -0.2) is 0 Å². The summed E-state index contributed by atoms with van der Waals surface area (Å²) in [5.41, 5.74) is 18.9. The molecule has 8 rings (SSSR count). The quantitative estimate of drug-likeness (QED) is 0.142. The standard InChI is InChI=1S/3C11H16.3C8H10.2C7H8/c1-9-5-7-10(8-6-9)11(2,3)4;1-9-6-5-7-10(8-9)11(2,3)4;1-9-7-5-6-8-10(9)11(2,3)4;1-7-3-5-8(2)6-4-7;1-7-4-3-5-8(2)6-7;1-7-5-3-4-6-8(7)2;2*1-7-5-3-2-4-6-7/h3*5-8H,1-4H3;3*3-6H,1-2H3;2*2-6H,1H3/i;;;;;;2D,3D,4D,5D,6D;. The first-order chi connectivity index (χ1) is 35.3. The number of aryl methyl sites for hydroxylation is 10. The zero-order valence-corrected chi connectivity index (χ0v) is 47.7. The van der Waals surface area contributed by atoms with Crippen LogP contribution in [0.5, 0.6) is 0 Å². The van der Waals surface area contributed by atoms with Gasteiger partial charge in [-0.15, -0.1) is 0 Å². The Labute approximate surface area is 443 Å². The van der Waals surface area contributed by atoms with Crippen molar-refractivity contribution >= 4 is 0 Å². The smallest absolute Gasteiger partial charge is 0.0622 e. The number of hydrogen-bond acceptors (Lipinski definition) is 0. The van der Waals surface area contributed by atoms with Gasteiger partial charge in [-0.3, -0.25) is 0 Å². The molecule has 0 aromatic heterocycles. The molecule has 378 valence electrons. The molecule has 0 saturated carbocycles. The van der Waals surface area contributed by atoms with E-state index in [4.69, 9.17) is 6.85 Å². The Kier molecular flexibility index (Phi) is 24.8. The van der Waals surface area contributed by atoms with Crippen LogP contribution in [0.25, 0.3) is 0 Å². The van der Waals surface area contributed by atoms with Crippen molar-refractivity contribution in [1.29, 1.82) is 0 Å². The molecule has 0 N–H and O–H groups in total. The second kappa shape index (κ2) is 32.6. The highest BCUT2D eigenvalue weighted by Gasteiger charge is 2.15. The average Bonchev–Trinajstić information content (AvgIpc) is 3.35. The predicted molar refractivity (Wildman–Crippen MR) is 320 cm³/mol. The second-order valence-corrected chi connectivity index (χ2v) is 21.6. The van der Waals surface area contributed by atoms with Crippen LogP contribution in [0.15, 0.2) is 206 Å². The number of hydrogen-bond donors (Lipinski definition) is 0. The SMILES string of the molecule is Cc1ccc(C(C)(C)C)cc1.Cc1ccc(C)cc1.Cc1cccc(C(C)(C)C)c1.Cc1cccc(C)c1.Cc1ccccc1.Cc1ccccc1C.Cc1ccccc1C(C)(C)C.[2H]c1c([2H])c([2H])c(C)c([2H])c1[2H]. The highest BCUT2D eigenvalue weighted by atomic mass is 14.2. The maximum absolute atomic E-state index is 7.31. The van der Waals surface area contributed by atoms with E-state index in [1.54, 1.807) is 0 Å². The van der Waals surface area contributed by atoms with E-state index >= 15 is 0 Å². The zero-order chi connectivity index (χ0) is 58.0. The van der Waals surface area contributed by atoms with Gasteiger partial charge in [0.2, 0.25) is 0 Å². The minimum absolute atomic E-state index is 0.124. The predicted octanol–water partition coefficient (Wildman–Crippen LogP) is 20.8. The van der Waals surface area contributed by atoms with Crippen molar-refractivity contribution in [3.63, 3.8) is 0 Å². The lowest BCUT2D eigenvalue weighted by atomic mass is 9.84. The molecular weight excluding hydrogens is 853 g/mol. The van der Waals surface area contributed by atoms with Crippen LogP contribution in [0.1, 0.15) is 147 Å². The first-order valence-corrected chi connectivity index (χ1v) is 25.1. The third-order valence-corrected chi connectivity index (χ3v) is 11.1. The van der Waals surface area contributed by atoms with E-state index in [0.29, 0.717) is 5.56 Å². The van der Waals surface area contributed by atoms with E-state index in [9.17, 15) is 0 Å². The van der Waals surface area contributed by atoms with Crippen LogP contribution in [-0.2, 0) is 16.2 Å². The van der Waals surface area contributed by atoms with E-state index in [0.717, 1.165) is 0 Å². The molecule has 0 saturated heterocycles. The number of benzene rings is 8. The first-order valence-electron chi connectivity index (χ1n) is 27.6. The van der Waals surface area contributed by atoms with Crippen molar-refractivity contribution in [3.8, 4) is 0 Å². The molecule has 0 heteroatoms. The topological polar surface area (TPSA) is 0 Å². The van der Waals surface area contributed by atoms with Crippen molar-refractivity contribution in [2.45, 2.75) is 155 Å². The lowest BCUT2D eigenvalue weighted by Crippen LogP contribution is -2.12. The molecule has 0 fully saturated rings. The summed E-state index contributed by atoms with van der Waals surface area (Å²) in [6.07, 6.45) is 0. The van der Waals surface area contributed by atoms with Gasteiger partial charge in [0.1, 0.15) is 0 Å². The summed E-state index contributed by atoms with van der Waals surface area (Å²) in [5, 5.41) is 0. The van der Waals surface area contributed by atoms with Crippen LogP contribution in [0.4, 0.5) is 0 Å². The van der Waals surface area contributed by atoms with Gasteiger partial charge in [0.25, 0.3) is 0 Å². The third kappa shape index (κ3) is 30.2. The fourth-order valence-corrected chi connectivity index (χ4v) is 6.53. The summed E-state index contributed by atoms with van der Waals surface area (Å²) in [7, 11) is 0. The molecule has 0 nitrogen and oxygen atoms in total. The molecular formula is C71H94. The number of rotatable bonds is 0. The van der Waals surface area contributed by atoms with E-state index in [1.807, 2.05) is 18.2 Å². The van der Waals surface area contributed by atoms with Crippen LogP contribution in [0.3, 0.4) is 0 Å². The Morgan fingerprint density at radius 2 is 0.592 bits per heavy atom. The van der Waals surface area contributed by atoms with Crippen LogP contribution >= 0.6 is 0 Å². The van der Waals surface area contributed by atoms with Crippen LogP contribution < -0.4 is 0 Å². The monoisotopic (exact) mass is 952 g/mol. The van der Waals surface area contributed by atoms with Gasteiger partial charge < -0.3 is 0 Å². The Morgan fingerprint density at radius 1 is 0.254 bits per heavy atom. The molecule has 71 heavy (non-hydrogen) atoms. The molecule has 8 aromatic rings. The Hall–Kier alpha value is -6.24. The van der Waals surface area contributed by atoms with Gasteiger partial charge in [-0.2, -0.15) is 0 Å². The molecule has 0 aliphatic rings. The molecule has 0 spiro atoms. The first kappa shape index (κ1) is 54.1. The average molecular weight is 953 g/mol. The zero-order valence-electron chi connectivity index (χ0n) is 52.7. The van der Waals surface area contributed by atoms with E-state index in [2.05, 4.69) is 289 Å². The molecule has 0 bridgehead atoms. The molecule has 0 heterocycles. The van der Waals surface area contributed by atoms with Crippen molar-refractivity contribution in [2.75, 3.05) is 0 Å². The van der Waals surface area contributed by atoms with Crippen molar-refractivity contribution in [1.82, 2.24) is 0 Å². The Morgan fingerprint density at radius 3 is 0.887 bits per heavy atom. The minimum atomic E-state index is -0.337. The van der Waals surface area contributed by atoms with E-state index in [-0.39, 0.29) is 46.5 Å². The fraction of sp³-hybridized carbons (Fsp3) is 0.324. The normalized spacial score (nSPS) is 11.2. The largest absolute Gasteiger partial charge is 0.0625 e. The maximum Gasteiger partial charge on any atom is 0.0625 e. The van der Waals surface area contributed by atoms with Gasteiger partial charge in [0, 0.05) is 0 Å². The van der Waals surface area contributed by atoms with Gasteiger partial charge in [-0.25, -0.2) is 0 Å². The van der Waals surface area contributed by atoms with Gasteiger partial charge in [0.05, 0.1) is 6.85 Å². The summed E-state index contributed by atoms with van der Waals surface area (Å²) in [6, 6.07) is 60.4. The van der Waals surface area contributed by atoms with Crippen molar-refractivity contribution in [3.05, 3.63) is 284 Å². The van der Waals surface area contributed by atoms with Gasteiger partial charge in [-0.1, -0.05) is 313 Å². The summed E-state index contributed by atoms with van der Waals surface area (Å²) in [4.78, 5) is 0. The van der Waals surface area contributed by atoms with E-state index in [1.165, 1.54) is 79.2 Å². The lowest BCUT2D eigenvalue weighted by Gasteiger charge is -2.21. The van der Waals surface area contributed by atoms with Crippen molar-refractivity contribution in [2.24, 2.45) is 0 Å². The molecule has 0 aliphatic heterocycles. The minimum Gasteiger partial charge on any atom is -0.0622 e. The lowest BCUT2D eigenvalue weighted by molar-refractivity contribution is 0.586. The Balaban J connectivity index is 0.000000437. The summed E-state index contributed by atoms with van der Waals surface area (Å²) in [5.74, 6) is 0. The molecule has 0 radical (unpaired) electrons. The second-order valence-electron chi connectivity index (χ2n) is 21.6. The molecule has 0 unspecified atom stereocenters. The van der Waals surface area contributed by atoms with Crippen LogP contribution in [0.2, 0.25) is 0 Å². The molecule has 0 aliphatic carbocycles. The van der Waals surface area contributed by atoms with Crippen LogP contribution in [0, 0.1) is 76.2 Å². The highest BCUT2D eigenvalue weighted by molar-refractivity contribution is 5.32. The molecule has 8 aromatic carbocycles. The summed E-state index contributed by atoms with van der Waals surface area (Å²) in [6.45, 7) is 42.8. The maximum atomic E-state index is 7.31. The summed E-state index contributed by atoms with van der Waals surface area (Å²) >= 11 is 0. The van der Waals surface area contributed by atoms with E-state index < -0.39 is 0 Å². The Bertz CT molecular complexity index is 2730. The third-order valence-electron chi connectivity index (χ3n) is 11.1. The van der Waals surface area contributed by atoms with Gasteiger partial charge >= 0.3 is 0 Å². The van der Waals surface area contributed by atoms with Crippen molar-refractivity contribution < 1.29 is 6.85 Å². The van der Waals surface area contributed by atoms with Gasteiger partial charge in [-0.05, 0) is 126 Å².